The third-order valence-corrected chi connectivity index (χ3v) is 4.02. The molecule has 0 amide bonds. The van der Waals surface area contributed by atoms with Gasteiger partial charge in [-0.25, -0.2) is 12.8 Å². The second kappa shape index (κ2) is 5.14. The van der Waals surface area contributed by atoms with Gasteiger partial charge >= 0.3 is 6.18 Å². The van der Waals surface area contributed by atoms with Crippen LogP contribution < -0.4 is 0 Å². The van der Waals surface area contributed by atoms with E-state index in [1.165, 1.54) is 0 Å². The van der Waals surface area contributed by atoms with Crippen LogP contribution in [-0.4, -0.2) is 14.7 Å². The van der Waals surface area contributed by atoms with Crippen molar-refractivity contribution in [1.82, 2.24) is 0 Å². The van der Waals surface area contributed by atoms with Crippen molar-refractivity contribution < 1.29 is 26.0 Å². The molecule has 7 heteroatoms. The Labute approximate surface area is 119 Å². The predicted molar refractivity (Wildman–Crippen MR) is 69.9 cm³/mol. The fraction of sp³-hybridized carbons (Fsp3) is 0.143. The number of alkyl halides is 3. The minimum atomic E-state index is -4.70. The molecule has 2 aromatic rings. The molecular weight excluding hydrogens is 308 g/mol. The van der Waals surface area contributed by atoms with Gasteiger partial charge in [0.1, 0.15) is 5.82 Å². The molecule has 0 aromatic heterocycles. The van der Waals surface area contributed by atoms with Crippen molar-refractivity contribution in [2.24, 2.45) is 0 Å². The first-order valence-electron chi connectivity index (χ1n) is 5.77. The summed E-state index contributed by atoms with van der Waals surface area (Å²) in [5.41, 5.74) is -1.73. The van der Waals surface area contributed by atoms with Gasteiger partial charge in [0.25, 0.3) is 0 Å². The maximum absolute atomic E-state index is 13.8. The van der Waals surface area contributed by atoms with Gasteiger partial charge in [0.05, 0.1) is 10.5 Å². The number of sulfone groups is 1. The molecule has 0 saturated heterocycles. The monoisotopic (exact) mass is 318 g/mol. The van der Waals surface area contributed by atoms with Crippen LogP contribution in [0.1, 0.15) is 5.56 Å². The Hall–Kier alpha value is -1.89. The molecular formula is C14H10F4O2S. The summed E-state index contributed by atoms with van der Waals surface area (Å²) >= 11 is 0. The van der Waals surface area contributed by atoms with E-state index in [0.29, 0.717) is 0 Å². The molecule has 21 heavy (non-hydrogen) atoms. The van der Waals surface area contributed by atoms with Crippen LogP contribution in [0.25, 0.3) is 11.1 Å². The van der Waals surface area contributed by atoms with Crippen LogP contribution >= 0.6 is 0 Å². The van der Waals surface area contributed by atoms with Gasteiger partial charge in [0, 0.05) is 11.8 Å². The first-order valence-corrected chi connectivity index (χ1v) is 7.66. The Bertz CT molecular complexity index is 763. The molecule has 0 aliphatic carbocycles. The van der Waals surface area contributed by atoms with Gasteiger partial charge < -0.3 is 0 Å². The van der Waals surface area contributed by atoms with Crippen LogP contribution in [0.15, 0.2) is 47.4 Å². The van der Waals surface area contributed by atoms with Crippen LogP contribution in [0.4, 0.5) is 17.6 Å². The van der Waals surface area contributed by atoms with Crippen molar-refractivity contribution in [3.63, 3.8) is 0 Å². The van der Waals surface area contributed by atoms with E-state index >= 15 is 0 Å². The van der Waals surface area contributed by atoms with E-state index in [9.17, 15) is 26.0 Å². The summed E-state index contributed by atoms with van der Waals surface area (Å²) in [7, 11) is -3.47. The van der Waals surface area contributed by atoms with Gasteiger partial charge in [-0.05, 0) is 29.8 Å². The summed E-state index contributed by atoms with van der Waals surface area (Å²) < 4.78 is 75.2. The first-order chi connectivity index (χ1) is 9.60. The summed E-state index contributed by atoms with van der Waals surface area (Å²) in [5, 5.41) is 0. The highest BCUT2D eigenvalue weighted by Crippen LogP contribution is 2.38. The minimum Gasteiger partial charge on any atom is -0.224 e. The Morgan fingerprint density at radius 1 is 0.952 bits per heavy atom. The van der Waals surface area contributed by atoms with Crippen molar-refractivity contribution in [3.05, 3.63) is 53.8 Å². The average molecular weight is 318 g/mol. The van der Waals surface area contributed by atoms with Crippen LogP contribution in [0.5, 0.6) is 0 Å². The van der Waals surface area contributed by atoms with Crippen LogP contribution in [0.2, 0.25) is 0 Å². The smallest absolute Gasteiger partial charge is 0.224 e. The van der Waals surface area contributed by atoms with E-state index in [2.05, 4.69) is 0 Å². The van der Waals surface area contributed by atoms with Gasteiger partial charge in [-0.3, -0.25) is 0 Å². The van der Waals surface area contributed by atoms with Gasteiger partial charge in [-0.1, -0.05) is 18.2 Å². The van der Waals surface area contributed by atoms with Crippen LogP contribution in [-0.2, 0) is 16.0 Å². The van der Waals surface area contributed by atoms with E-state index in [1.54, 1.807) is 0 Å². The minimum absolute atomic E-state index is 0.0344. The van der Waals surface area contributed by atoms with E-state index in [4.69, 9.17) is 0 Å². The molecule has 2 rings (SSSR count). The van der Waals surface area contributed by atoms with Gasteiger partial charge in [0.2, 0.25) is 0 Å². The number of rotatable bonds is 2. The maximum Gasteiger partial charge on any atom is 0.417 e. The van der Waals surface area contributed by atoms with Crippen LogP contribution in [0, 0.1) is 5.82 Å². The highest BCUT2D eigenvalue weighted by atomic mass is 32.2. The zero-order valence-corrected chi connectivity index (χ0v) is 11.6. The summed E-state index contributed by atoms with van der Waals surface area (Å²) in [5.74, 6) is -1.02. The number of benzene rings is 2. The quantitative estimate of drug-likeness (QED) is 0.787. The predicted octanol–water partition coefficient (Wildman–Crippen LogP) is 3.92. The van der Waals surface area contributed by atoms with Crippen molar-refractivity contribution in [2.45, 2.75) is 11.1 Å². The van der Waals surface area contributed by atoms with E-state index in [1.807, 2.05) is 0 Å². The second-order valence-electron chi connectivity index (χ2n) is 4.46. The van der Waals surface area contributed by atoms with Gasteiger partial charge in [-0.2, -0.15) is 13.2 Å². The molecule has 0 radical (unpaired) electrons. The SMILES string of the molecule is CS(=O)(=O)c1ccc(-c2c(F)cccc2C(F)(F)F)cc1. The van der Waals surface area contributed by atoms with Crippen LogP contribution in [0.3, 0.4) is 0 Å². The molecule has 0 aliphatic rings. The lowest BCUT2D eigenvalue weighted by Crippen LogP contribution is -2.08. The Balaban J connectivity index is 2.63. The lowest BCUT2D eigenvalue weighted by molar-refractivity contribution is -0.137. The fourth-order valence-electron chi connectivity index (χ4n) is 1.92. The summed E-state index contributed by atoms with van der Waals surface area (Å²) in [6, 6.07) is 7.30. The number of hydrogen-bond acceptors (Lipinski definition) is 2. The van der Waals surface area contributed by atoms with Crippen molar-refractivity contribution in [1.29, 1.82) is 0 Å². The maximum atomic E-state index is 13.8. The molecule has 0 atom stereocenters. The van der Waals surface area contributed by atoms with Crippen molar-refractivity contribution in [3.8, 4) is 11.1 Å². The summed E-state index contributed by atoms with van der Waals surface area (Å²) in [6.07, 6.45) is -3.72. The number of halogens is 4. The Morgan fingerprint density at radius 3 is 2.00 bits per heavy atom. The molecule has 0 spiro atoms. The van der Waals surface area contributed by atoms with E-state index in [-0.39, 0.29) is 10.5 Å². The standard InChI is InChI=1S/C14H10F4O2S/c1-21(19,20)10-7-5-9(6-8-10)13-11(14(16,17)18)3-2-4-12(13)15/h2-8H,1H3. The molecule has 0 N–H and O–H groups in total. The molecule has 0 aliphatic heterocycles. The largest absolute Gasteiger partial charge is 0.417 e. The normalized spacial score (nSPS) is 12.4. The lowest BCUT2D eigenvalue weighted by Gasteiger charge is -2.14. The third-order valence-electron chi connectivity index (χ3n) is 2.89. The molecule has 2 nitrogen and oxygen atoms in total. The fourth-order valence-corrected chi connectivity index (χ4v) is 2.55. The third kappa shape index (κ3) is 3.24. The Morgan fingerprint density at radius 2 is 1.52 bits per heavy atom. The first kappa shape index (κ1) is 15.5. The van der Waals surface area contributed by atoms with E-state index in [0.717, 1.165) is 48.7 Å². The molecule has 0 fully saturated rings. The number of hydrogen-bond donors (Lipinski definition) is 0. The average Bonchev–Trinajstić information content (AvgIpc) is 2.36. The zero-order chi connectivity index (χ0) is 15.8. The van der Waals surface area contributed by atoms with E-state index < -0.39 is 33.0 Å². The molecule has 0 saturated carbocycles. The highest BCUT2D eigenvalue weighted by Gasteiger charge is 2.34. The molecule has 2 aromatic carbocycles. The topological polar surface area (TPSA) is 34.1 Å². The van der Waals surface area contributed by atoms with Crippen molar-refractivity contribution in [2.75, 3.05) is 6.26 Å². The molecule has 0 unspecified atom stereocenters. The lowest BCUT2D eigenvalue weighted by atomic mass is 9.99. The van der Waals surface area contributed by atoms with Gasteiger partial charge in [0.15, 0.2) is 9.84 Å². The zero-order valence-electron chi connectivity index (χ0n) is 10.8. The summed E-state index contributed by atoms with van der Waals surface area (Å²) in [6.45, 7) is 0. The molecule has 0 heterocycles. The molecule has 112 valence electrons. The Kier molecular flexibility index (Phi) is 3.79. The van der Waals surface area contributed by atoms with Crippen molar-refractivity contribution >= 4 is 9.84 Å². The molecule has 0 bridgehead atoms. The second-order valence-corrected chi connectivity index (χ2v) is 6.47. The highest BCUT2D eigenvalue weighted by molar-refractivity contribution is 7.90. The summed E-state index contributed by atoms with van der Waals surface area (Å²) in [4.78, 5) is -0.0452. The van der Waals surface area contributed by atoms with Gasteiger partial charge in [-0.15, -0.1) is 0 Å².